The normalized spacial score (nSPS) is 11.4. The molecule has 18 heavy (non-hydrogen) atoms. The minimum absolute atomic E-state index is 0.458. The third-order valence-corrected chi connectivity index (χ3v) is 2.13. The summed E-state index contributed by atoms with van der Waals surface area (Å²) in [6.45, 7) is 0. The van der Waals surface area contributed by atoms with Crippen molar-refractivity contribution >= 4 is 0 Å². The molecule has 0 radical (unpaired) electrons. The number of aromatic nitrogens is 1. The van der Waals surface area contributed by atoms with E-state index in [2.05, 4.69) is 9.72 Å². The highest BCUT2D eigenvalue weighted by Gasteiger charge is 2.41. The number of rotatable bonds is 3. The molecule has 0 aliphatic heterocycles. The second kappa shape index (κ2) is 5.16. The summed E-state index contributed by atoms with van der Waals surface area (Å²) in [7, 11) is 0.900. The highest BCUT2D eigenvalue weighted by molar-refractivity contribution is 5.43. The van der Waals surface area contributed by atoms with Crippen molar-refractivity contribution in [2.24, 2.45) is 0 Å². The summed E-state index contributed by atoms with van der Waals surface area (Å²) >= 11 is 0. The van der Waals surface area contributed by atoms with Crippen LogP contribution in [0.5, 0.6) is 5.88 Å². The molecule has 0 spiro atoms. The molecule has 0 fully saturated rings. The Hall–Kier alpha value is -1.91. The second-order valence-corrected chi connectivity index (χ2v) is 3.21. The van der Waals surface area contributed by atoms with Crippen LogP contribution in [0, 0.1) is 11.3 Å². The van der Waals surface area contributed by atoms with Crippen molar-refractivity contribution in [3.8, 4) is 11.9 Å². The van der Waals surface area contributed by atoms with Crippen molar-refractivity contribution < 1.29 is 26.7 Å². The number of halogens is 5. The maximum atomic E-state index is 12.8. The van der Waals surface area contributed by atoms with E-state index in [-0.39, 0.29) is 0 Å². The van der Waals surface area contributed by atoms with Gasteiger partial charge in [-0.2, -0.15) is 18.4 Å². The molecular formula is C10H7F5N2O. The quantitative estimate of drug-likeness (QED) is 0.789. The maximum Gasteiger partial charge on any atom is 0.422 e. The molecule has 0 unspecified atom stereocenters. The van der Waals surface area contributed by atoms with E-state index in [9.17, 15) is 22.0 Å². The van der Waals surface area contributed by atoms with E-state index in [0.717, 1.165) is 13.3 Å². The lowest BCUT2D eigenvalue weighted by Gasteiger charge is -2.17. The highest BCUT2D eigenvalue weighted by Crippen LogP contribution is 2.42. The second-order valence-electron chi connectivity index (χ2n) is 3.21. The molecule has 0 aliphatic rings. The van der Waals surface area contributed by atoms with Crippen LogP contribution in [0.3, 0.4) is 0 Å². The predicted octanol–water partition coefficient (Wildman–Crippen LogP) is 3.11. The van der Waals surface area contributed by atoms with Gasteiger partial charge in [0.05, 0.1) is 19.6 Å². The average Bonchev–Trinajstić information content (AvgIpc) is 2.27. The third kappa shape index (κ3) is 2.67. The first-order chi connectivity index (χ1) is 8.32. The molecule has 0 atom stereocenters. The molecular weight excluding hydrogens is 259 g/mol. The molecule has 1 aromatic rings. The molecule has 1 heterocycles. The molecule has 0 aliphatic carbocycles. The van der Waals surface area contributed by atoms with Crippen LogP contribution >= 0.6 is 0 Å². The number of alkyl halides is 5. The summed E-state index contributed by atoms with van der Waals surface area (Å²) in [4.78, 5) is 3.30. The molecule has 8 heteroatoms. The third-order valence-electron chi connectivity index (χ3n) is 2.13. The molecule has 1 aromatic heterocycles. The van der Waals surface area contributed by atoms with Crippen LogP contribution in [0.1, 0.15) is 23.1 Å². The molecule has 0 bridgehead atoms. The Kier molecular flexibility index (Phi) is 4.06. The summed E-state index contributed by atoms with van der Waals surface area (Å²) in [6, 6.07) is 1.51. The Morgan fingerprint density at radius 3 is 2.44 bits per heavy atom. The molecule has 1 rings (SSSR count). The summed E-state index contributed by atoms with van der Waals surface area (Å²) in [5.41, 5.74) is -3.34. The van der Waals surface area contributed by atoms with E-state index in [4.69, 9.17) is 5.26 Å². The van der Waals surface area contributed by atoms with Gasteiger partial charge in [-0.3, -0.25) is 0 Å². The molecule has 0 amide bonds. The van der Waals surface area contributed by atoms with Crippen molar-refractivity contribution in [3.63, 3.8) is 0 Å². The van der Waals surface area contributed by atoms with Crippen molar-refractivity contribution in [2.75, 3.05) is 7.11 Å². The van der Waals surface area contributed by atoms with Crippen LogP contribution in [0.4, 0.5) is 22.0 Å². The highest BCUT2D eigenvalue weighted by atomic mass is 19.4. The summed E-state index contributed by atoms with van der Waals surface area (Å²) in [5.74, 6) is -0.931. The molecule has 0 saturated heterocycles. The fourth-order valence-corrected chi connectivity index (χ4v) is 1.45. The summed E-state index contributed by atoms with van der Waals surface area (Å²) in [5, 5.41) is 8.41. The van der Waals surface area contributed by atoms with E-state index in [1.165, 1.54) is 6.07 Å². The molecule has 0 N–H and O–H groups in total. The average molecular weight is 266 g/mol. The number of nitriles is 1. The Labute approximate surface area is 98.8 Å². The van der Waals surface area contributed by atoms with Crippen LogP contribution in [-0.2, 0) is 12.6 Å². The van der Waals surface area contributed by atoms with Crippen LogP contribution in [-0.4, -0.2) is 12.1 Å². The Balaban J connectivity index is 3.60. The minimum atomic E-state index is -5.03. The van der Waals surface area contributed by atoms with Gasteiger partial charge in [-0.05, 0) is 5.56 Å². The first kappa shape index (κ1) is 14.2. The SMILES string of the molecule is COc1ncc(CC#N)c(C(F)F)c1C(F)(F)F. The Morgan fingerprint density at radius 1 is 1.44 bits per heavy atom. The van der Waals surface area contributed by atoms with Crippen LogP contribution in [0.2, 0.25) is 0 Å². The van der Waals surface area contributed by atoms with E-state index >= 15 is 0 Å². The van der Waals surface area contributed by atoms with Crippen molar-refractivity contribution in [1.82, 2.24) is 4.98 Å². The van der Waals surface area contributed by atoms with E-state index in [1.807, 2.05) is 0 Å². The summed E-state index contributed by atoms with van der Waals surface area (Å²) in [6.07, 6.45) is -8.20. The number of nitrogens with zero attached hydrogens (tertiary/aromatic N) is 2. The van der Waals surface area contributed by atoms with Crippen LogP contribution in [0.25, 0.3) is 0 Å². The fourth-order valence-electron chi connectivity index (χ4n) is 1.45. The molecule has 98 valence electrons. The molecule has 3 nitrogen and oxygen atoms in total. The zero-order valence-electron chi connectivity index (χ0n) is 9.05. The van der Waals surface area contributed by atoms with Crippen LogP contribution < -0.4 is 4.74 Å². The monoisotopic (exact) mass is 266 g/mol. The minimum Gasteiger partial charge on any atom is -0.481 e. The van der Waals surface area contributed by atoms with Crippen molar-refractivity contribution in [3.05, 3.63) is 22.9 Å². The first-order valence-corrected chi connectivity index (χ1v) is 4.61. The van der Waals surface area contributed by atoms with E-state index in [0.29, 0.717) is 0 Å². The number of pyridine rings is 1. The van der Waals surface area contributed by atoms with E-state index < -0.39 is 41.6 Å². The lowest BCUT2D eigenvalue weighted by molar-refractivity contribution is -0.141. The lowest BCUT2D eigenvalue weighted by atomic mass is 10.0. The van der Waals surface area contributed by atoms with Crippen molar-refractivity contribution in [2.45, 2.75) is 19.0 Å². The first-order valence-electron chi connectivity index (χ1n) is 4.61. The number of methoxy groups -OCH3 is 1. The Bertz CT molecular complexity index is 478. The number of ether oxygens (including phenoxy) is 1. The van der Waals surface area contributed by atoms with Crippen LogP contribution in [0.15, 0.2) is 6.20 Å². The lowest BCUT2D eigenvalue weighted by Crippen LogP contribution is -2.15. The smallest absolute Gasteiger partial charge is 0.422 e. The predicted molar refractivity (Wildman–Crippen MR) is 50.1 cm³/mol. The van der Waals surface area contributed by atoms with Gasteiger partial charge >= 0.3 is 6.18 Å². The van der Waals surface area contributed by atoms with E-state index in [1.54, 1.807) is 0 Å². The number of hydrogen-bond acceptors (Lipinski definition) is 3. The fraction of sp³-hybridized carbons (Fsp3) is 0.400. The van der Waals surface area contributed by atoms with Gasteiger partial charge in [0.15, 0.2) is 0 Å². The molecule has 0 aromatic carbocycles. The van der Waals surface area contributed by atoms with Gasteiger partial charge in [-0.1, -0.05) is 0 Å². The van der Waals surface area contributed by atoms with Gasteiger partial charge in [-0.15, -0.1) is 0 Å². The van der Waals surface area contributed by atoms with Gasteiger partial charge in [0.1, 0.15) is 5.56 Å². The maximum absolute atomic E-state index is 12.8. The van der Waals surface area contributed by atoms with Crippen molar-refractivity contribution in [1.29, 1.82) is 5.26 Å². The van der Waals surface area contributed by atoms with Gasteiger partial charge in [0.25, 0.3) is 6.43 Å². The number of hydrogen-bond donors (Lipinski definition) is 0. The van der Waals surface area contributed by atoms with Gasteiger partial charge in [-0.25, -0.2) is 13.8 Å². The standard InChI is InChI=1S/C10H7F5N2O/c1-18-9-7(10(13,14)15)6(8(11)12)5(2-3-16)4-17-9/h4,8H,2H2,1H3. The zero-order chi connectivity index (χ0) is 13.9. The van der Waals surface area contributed by atoms with Gasteiger partial charge in [0, 0.05) is 11.8 Å². The summed E-state index contributed by atoms with van der Waals surface area (Å²) < 4.78 is 68.1. The largest absolute Gasteiger partial charge is 0.481 e. The zero-order valence-corrected chi connectivity index (χ0v) is 9.05. The Morgan fingerprint density at radius 2 is 2.06 bits per heavy atom. The van der Waals surface area contributed by atoms with Gasteiger partial charge < -0.3 is 4.74 Å². The molecule has 0 saturated carbocycles. The topological polar surface area (TPSA) is 45.9 Å². The van der Waals surface area contributed by atoms with Gasteiger partial charge in [0.2, 0.25) is 5.88 Å².